The van der Waals surface area contributed by atoms with Crippen LogP contribution in [-0.4, -0.2) is 33.4 Å². The smallest absolute Gasteiger partial charge is 0.271 e. The summed E-state index contributed by atoms with van der Waals surface area (Å²) in [7, 11) is 0. The van der Waals surface area contributed by atoms with Gasteiger partial charge in [0, 0.05) is 18.4 Å². The molecule has 0 aliphatic rings. The Balaban J connectivity index is 1.99. The summed E-state index contributed by atoms with van der Waals surface area (Å²) in [4.78, 5) is 11.9. The highest BCUT2D eigenvalue weighted by Gasteiger charge is 2.11. The molecule has 2 rings (SSSR count). The van der Waals surface area contributed by atoms with Gasteiger partial charge in [-0.3, -0.25) is 4.79 Å². The minimum absolute atomic E-state index is 0.238. The van der Waals surface area contributed by atoms with Crippen LogP contribution in [0.3, 0.4) is 0 Å². The molecule has 0 fully saturated rings. The SMILES string of the molecule is CCCC(O)CNC(=O)c1ccn(-c2ccc(N)cc2)n1. The van der Waals surface area contributed by atoms with E-state index in [1.54, 1.807) is 29.1 Å². The molecule has 2 aromatic rings. The van der Waals surface area contributed by atoms with E-state index in [0.29, 0.717) is 17.8 Å². The Hall–Kier alpha value is -2.34. The van der Waals surface area contributed by atoms with Crippen molar-refractivity contribution in [3.63, 3.8) is 0 Å². The lowest BCUT2D eigenvalue weighted by atomic mass is 10.2. The van der Waals surface area contributed by atoms with Crippen LogP contribution in [0.2, 0.25) is 0 Å². The third kappa shape index (κ3) is 4.06. The van der Waals surface area contributed by atoms with Gasteiger partial charge < -0.3 is 16.2 Å². The summed E-state index contributed by atoms with van der Waals surface area (Å²) in [6.07, 6.45) is 2.74. The van der Waals surface area contributed by atoms with Crippen molar-refractivity contribution in [3.05, 3.63) is 42.2 Å². The maximum Gasteiger partial charge on any atom is 0.271 e. The molecule has 0 bridgehead atoms. The van der Waals surface area contributed by atoms with Gasteiger partial charge in [0.2, 0.25) is 0 Å². The molecule has 112 valence electrons. The van der Waals surface area contributed by atoms with Crippen molar-refractivity contribution >= 4 is 11.6 Å². The van der Waals surface area contributed by atoms with Gasteiger partial charge in [0.15, 0.2) is 5.69 Å². The third-order valence-electron chi connectivity index (χ3n) is 3.10. The number of benzene rings is 1. The monoisotopic (exact) mass is 288 g/mol. The number of amides is 1. The number of aliphatic hydroxyl groups excluding tert-OH is 1. The molecular formula is C15H20N4O2. The van der Waals surface area contributed by atoms with Crippen molar-refractivity contribution in [3.8, 4) is 5.69 Å². The first kappa shape index (κ1) is 15.1. The standard InChI is InChI=1S/C15H20N4O2/c1-2-3-13(20)10-17-15(21)14-8-9-19(18-14)12-6-4-11(16)5-7-12/h4-9,13,20H,2-3,10,16H2,1H3,(H,17,21). The van der Waals surface area contributed by atoms with Gasteiger partial charge in [0.05, 0.1) is 11.8 Å². The molecule has 1 amide bonds. The molecule has 0 saturated heterocycles. The maximum absolute atomic E-state index is 11.9. The Kier molecular flexibility index (Phi) is 4.94. The molecule has 4 N–H and O–H groups in total. The van der Waals surface area contributed by atoms with Gasteiger partial charge in [-0.1, -0.05) is 13.3 Å². The summed E-state index contributed by atoms with van der Waals surface area (Å²) in [6, 6.07) is 8.84. The number of hydrogen-bond donors (Lipinski definition) is 3. The predicted molar refractivity (Wildman–Crippen MR) is 81.2 cm³/mol. The highest BCUT2D eigenvalue weighted by Crippen LogP contribution is 2.10. The molecule has 0 radical (unpaired) electrons. The van der Waals surface area contributed by atoms with E-state index in [2.05, 4.69) is 10.4 Å². The lowest BCUT2D eigenvalue weighted by Gasteiger charge is -2.09. The first-order chi connectivity index (χ1) is 10.1. The van der Waals surface area contributed by atoms with Gasteiger partial charge in [0.25, 0.3) is 5.91 Å². The zero-order valence-electron chi connectivity index (χ0n) is 12.0. The van der Waals surface area contributed by atoms with Crippen molar-refractivity contribution < 1.29 is 9.90 Å². The van der Waals surface area contributed by atoms with Crippen LogP contribution in [0.25, 0.3) is 5.69 Å². The van der Waals surface area contributed by atoms with Crippen LogP contribution in [0.1, 0.15) is 30.3 Å². The van der Waals surface area contributed by atoms with E-state index in [1.807, 2.05) is 19.1 Å². The van der Waals surface area contributed by atoms with Crippen molar-refractivity contribution in [2.24, 2.45) is 0 Å². The lowest BCUT2D eigenvalue weighted by molar-refractivity contribution is 0.0905. The first-order valence-corrected chi connectivity index (χ1v) is 6.98. The summed E-state index contributed by atoms with van der Waals surface area (Å²) < 4.78 is 1.61. The fourth-order valence-electron chi connectivity index (χ4n) is 1.95. The second kappa shape index (κ2) is 6.90. The van der Waals surface area contributed by atoms with Crippen LogP contribution < -0.4 is 11.1 Å². The minimum Gasteiger partial charge on any atom is -0.399 e. The van der Waals surface area contributed by atoms with E-state index in [-0.39, 0.29) is 12.5 Å². The molecule has 1 unspecified atom stereocenters. The summed E-state index contributed by atoms with van der Waals surface area (Å²) in [5.74, 6) is -0.292. The zero-order chi connectivity index (χ0) is 15.2. The number of anilines is 1. The van der Waals surface area contributed by atoms with E-state index in [1.165, 1.54) is 0 Å². The van der Waals surface area contributed by atoms with Gasteiger partial charge in [-0.15, -0.1) is 0 Å². The third-order valence-corrected chi connectivity index (χ3v) is 3.10. The van der Waals surface area contributed by atoms with Crippen molar-refractivity contribution in [2.45, 2.75) is 25.9 Å². The van der Waals surface area contributed by atoms with E-state index in [0.717, 1.165) is 12.1 Å². The van der Waals surface area contributed by atoms with Crippen LogP contribution in [0.15, 0.2) is 36.5 Å². The number of aromatic nitrogens is 2. The molecule has 0 saturated carbocycles. The fourth-order valence-corrected chi connectivity index (χ4v) is 1.95. The largest absolute Gasteiger partial charge is 0.399 e. The number of carbonyl (C=O) groups is 1. The van der Waals surface area contributed by atoms with Crippen LogP contribution in [0.5, 0.6) is 0 Å². The Labute approximate surface area is 123 Å². The van der Waals surface area contributed by atoms with E-state index in [9.17, 15) is 9.90 Å². The molecule has 0 aliphatic heterocycles. The molecule has 0 aliphatic carbocycles. The Bertz CT molecular complexity index is 592. The van der Waals surface area contributed by atoms with Crippen LogP contribution in [0, 0.1) is 0 Å². The Morgan fingerprint density at radius 2 is 2.10 bits per heavy atom. The fraction of sp³-hybridized carbons (Fsp3) is 0.333. The normalized spacial score (nSPS) is 12.1. The van der Waals surface area contributed by atoms with Gasteiger partial charge in [-0.05, 0) is 36.8 Å². The van der Waals surface area contributed by atoms with Crippen LogP contribution in [0.4, 0.5) is 5.69 Å². The van der Waals surface area contributed by atoms with E-state index < -0.39 is 6.10 Å². The number of nitrogen functional groups attached to an aromatic ring is 1. The number of nitrogens with one attached hydrogen (secondary N) is 1. The molecule has 6 nitrogen and oxygen atoms in total. The number of nitrogens with two attached hydrogens (primary N) is 1. The lowest BCUT2D eigenvalue weighted by Crippen LogP contribution is -2.32. The molecule has 1 atom stereocenters. The zero-order valence-corrected chi connectivity index (χ0v) is 12.0. The average molecular weight is 288 g/mol. The van der Waals surface area contributed by atoms with E-state index >= 15 is 0 Å². The molecule has 1 aromatic heterocycles. The average Bonchev–Trinajstić information content (AvgIpc) is 2.96. The van der Waals surface area contributed by atoms with Gasteiger partial charge in [0.1, 0.15) is 0 Å². The number of carbonyl (C=O) groups excluding carboxylic acids is 1. The summed E-state index contributed by atoms with van der Waals surface area (Å²) in [5, 5.41) is 16.5. The quantitative estimate of drug-likeness (QED) is 0.699. The number of aliphatic hydroxyl groups is 1. The second-order valence-electron chi connectivity index (χ2n) is 4.89. The predicted octanol–water partition coefficient (Wildman–Crippen LogP) is 1.35. The number of nitrogens with zero attached hydrogens (tertiary/aromatic N) is 2. The molecule has 6 heteroatoms. The van der Waals surface area contributed by atoms with Crippen LogP contribution >= 0.6 is 0 Å². The molecule has 0 spiro atoms. The summed E-state index contributed by atoms with van der Waals surface area (Å²) >= 11 is 0. The maximum atomic E-state index is 11.9. The second-order valence-corrected chi connectivity index (χ2v) is 4.89. The number of hydrogen-bond acceptors (Lipinski definition) is 4. The molecule has 21 heavy (non-hydrogen) atoms. The van der Waals surface area contributed by atoms with Crippen molar-refractivity contribution in [2.75, 3.05) is 12.3 Å². The van der Waals surface area contributed by atoms with Crippen LogP contribution in [-0.2, 0) is 0 Å². The molecule has 1 aromatic carbocycles. The van der Waals surface area contributed by atoms with Crippen molar-refractivity contribution in [1.82, 2.24) is 15.1 Å². The highest BCUT2D eigenvalue weighted by atomic mass is 16.3. The Morgan fingerprint density at radius 1 is 1.38 bits per heavy atom. The first-order valence-electron chi connectivity index (χ1n) is 6.98. The van der Waals surface area contributed by atoms with E-state index in [4.69, 9.17) is 5.73 Å². The summed E-state index contributed by atoms with van der Waals surface area (Å²) in [6.45, 7) is 2.22. The summed E-state index contributed by atoms with van der Waals surface area (Å²) in [5.41, 5.74) is 7.45. The number of rotatable bonds is 6. The topological polar surface area (TPSA) is 93.2 Å². The minimum atomic E-state index is -0.516. The van der Waals surface area contributed by atoms with Crippen molar-refractivity contribution in [1.29, 1.82) is 0 Å². The highest BCUT2D eigenvalue weighted by molar-refractivity contribution is 5.92. The van der Waals surface area contributed by atoms with Gasteiger partial charge in [-0.2, -0.15) is 5.10 Å². The molecular weight excluding hydrogens is 268 g/mol. The van der Waals surface area contributed by atoms with Gasteiger partial charge >= 0.3 is 0 Å². The Morgan fingerprint density at radius 3 is 2.76 bits per heavy atom. The van der Waals surface area contributed by atoms with Gasteiger partial charge in [-0.25, -0.2) is 4.68 Å². The molecule has 1 heterocycles.